The van der Waals surface area contributed by atoms with E-state index in [2.05, 4.69) is 0 Å². The SMILES string of the molecule is Fc1cc(-c2c(Cl)c(Cl)c(Cl)c(Cl)c2Cl)cc(C(F)(F)F)c1. The molecule has 22 heavy (non-hydrogen) atoms. The van der Waals surface area contributed by atoms with E-state index in [9.17, 15) is 17.6 Å². The third kappa shape index (κ3) is 3.26. The van der Waals surface area contributed by atoms with Gasteiger partial charge in [-0.05, 0) is 23.8 Å². The normalized spacial score (nSPS) is 11.9. The Hall–Kier alpha value is -0.390. The minimum atomic E-state index is -4.74. The van der Waals surface area contributed by atoms with Crippen molar-refractivity contribution < 1.29 is 17.6 Å². The summed E-state index contributed by atoms with van der Waals surface area (Å²) in [6, 6.07) is 1.88. The number of alkyl halides is 3. The molecule has 0 saturated heterocycles. The highest BCUT2D eigenvalue weighted by Crippen LogP contribution is 2.48. The fourth-order valence-electron chi connectivity index (χ4n) is 1.76. The molecular formula is C13H3Cl5F4. The lowest BCUT2D eigenvalue weighted by molar-refractivity contribution is -0.137. The van der Waals surface area contributed by atoms with Crippen molar-refractivity contribution in [2.75, 3.05) is 0 Å². The Balaban J connectivity index is 2.81. The number of halogens is 9. The monoisotopic (exact) mass is 410 g/mol. The van der Waals surface area contributed by atoms with E-state index in [-0.39, 0.29) is 36.2 Å². The Morgan fingerprint density at radius 3 is 1.59 bits per heavy atom. The molecule has 0 spiro atoms. The average molecular weight is 412 g/mol. The molecule has 0 aromatic heterocycles. The molecule has 0 aliphatic carbocycles. The molecule has 0 N–H and O–H groups in total. The predicted octanol–water partition coefficient (Wildman–Crippen LogP) is 7.78. The van der Waals surface area contributed by atoms with Crippen molar-refractivity contribution in [3.05, 3.63) is 54.7 Å². The van der Waals surface area contributed by atoms with Gasteiger partial charge in [0.15, 0.2) is 0 Å². The zero-order chi connectivity index (χ0) is 16.8. The van der Waals surface area contributed by atoms with Gasteiger partial charge in [0.2, 0.25) is 0 Å². The molecule has 2 rings (SSSR count). The zero-order valence-corrected chi connectivity index (χ0v) is 13.9. The van der Waals surface area contributed by atoms with Crippen LogP contribution in [0.2, 0.25) is 25.1 Å². The summed E-state index contributed by atoms with van der Waals surface area (Å²) in [6.07, 6.45) is -4.74. The standard InChI is InChI=1S/C13H3Cl5F4/c14-8-7(9(15)11(17)12(18)10(8)16)4-1-5(13(20,21)22)3-6(19)2-4/h1-3H. The van der Waals surface area contributed by atoms with Crippen LogP contribution in [0.1, 0.15) is 5.56 Å². The lowest BCUT2D eigenvalue weighted by Gasteiger charge is -2.14. The van der Waals surface area contributed by atoms with Crippen molar-refractivity contribution in [3.8, 4) is 11.1 Å². The van der Waals surface area contributed by atoms with E-state index >= 15 is 0 Å². The number of hydrogen-bond acceptors (Lipinski definition) is 0. The average Bonchev–Trinajstić information content (AvgIpc) is 2.42. The van der Waals surface area contributed by atoms with Crippen molar-refractivity contribution in [2.24, 2.45) is 0 Å². The van der Waals surface area contributed by atoms with Crippen LogP contribution in [0.25, 0.3) is 11.1 Å². The highest BCUT2D eigenvalue weighted by molar-refractivity contribution is 6.56. The van der Waals surface area contributed by atoms with Crippen molar-refractivity contribution in [3.63, 3.8) is 0 Å². The first-order valence-corrected chi connectivity index (χ1v) is 7.32. The van der Waals surface area contributed by atoms with Gasteiger partial charge < -0.3 is 0 Å². The predicted molar refractivity (Wildman–Crippen MR) is 81.9 cm³/mol. The third-order valence-corrected chi connectivity index (χ3v) is 5.00. The summed E-state index contributed by atoms with van der Waals surface area (Å²) >= 11 is 29.4. The summed E-state index contributed by atoms with van der Waals surface area (Å²) in [5.41, 5.74) is -1.55. The molecule has 0 aliphatic heterocycles. The maximum Gasteiger partial charge on any atom is 0.416 e. The van der Waals surface area contributed by atoms with Gasteiger partial charge >= 0.3 is 6.18 Å². The van der Waals surface area contributed by atoms with Crippen LogP contribution >= 0.6 is 58.0 Å². The van der Waals surface area contributed by atoms with Gasteiger partial charge in [-0.25, -0.2) is 4.39 Å². The minimum absolute atomic E-state index is 0.132. The Labute approximate surface area is 147 Å². The van der Waals surface area contributed by atoms with Crippen LogP contribution in [-0.4, -0.2) is 0 Å². The highest BCUT2D eigenvalue weighted by Gasteiger charge is 2.32. The molecule has 0 saturated carbocycles. The first-order valence-electron chi connectivity index (χ1n) is 5.43. The molecule has 0 fully saturated rings. The van der Waals surface area contributed by atoms with Gasteiger partial charge in [0.25, 0.3) is 0 Å². The van der Waals surface area contributed by atoms with E-state index in [1.165, 1.54) is 0 Å². The summed E-state index contributed by atoms with van der Waals surface area (Å²) < 4.78 is 51.9. The van der Waals surface area contributed by atoms with E-state index < -0.39 is 17.6 Å². The maximum absolute atomic E-state index is 13.5. The van der Waals surface area contributed by atoms with Crippen molar-refractivity contribution in [1.29, 1.82) is 0 Å². The molecule has 0 aliphatic rings. The van der Waals surface area contributed by atoms with E-state index in [4.69, 9.17) is 58.0 Å². The molecule has 0 nitrogen and oxygen atoms in total. The summed E-state index contributed by atoms with van der Waals surface area (Å²) in [7, 11) is 0. The molecule has 9 heteroatoms. The van der Waals surface area contributed by atoms with Crippen LogP contribution in [0.3, 0.4) is 0 Å². The van der Waals surface area contributed by atoms with Gasteiger partial charge in [-0.1, -0.05) is 58.0 Å². The molecular weight excluding hydrogens is 409 g/mol. The third-order valence-electron chi connectivity index (χ3n) is 2.72. The number of hydrogen-bond donors (Lipinski definition) is 0. The fourth-order valence-corrected chi connectivity index (χ4v) is 3.11. The Bertz CT molecular complexity index is 726. The van der Waals surface area contributed by atoms with Crippen LogP contribution in [-0.2, 0) is 6.18 Å². The minimum Gasteiger partial charge on any atom is -0.207 e. The number of benzene rings is 2. The molecule has 118 valence electrons. The Kier molecular flexibility index (Phi) is 5.10. The van der Waals surface area contributed by atoms with Gasteiger partial charge in [-0.3, -0.25) is 0 Å². The molecule has 0 amide bonds. The van der Waals surface area contributed by atoms with E-state index in [1.807, 2.05) is 0 Å². The van der Waals surface area contributed by atoms with Gasteiger partial charge in [0.1, 0.15) is 5.82 Å². The zero-order valence-electron chi connectivity index (χ0n) is 10.1. The lowest BCUT2D eigenvalue weighted by Crippen LogP contribution is -2.05. The summed E-state index contributed by atoms with van der Waals surface area (Å²) in [4.78, 5) is 0. The van der Waals surface area contributed by atoms with Crippen LogP contribution in [0.4, 0.5) is 17.6 Å². The largest absolute Gasteiger partial charge is 0.416 e. The van der Waals surface area contributed by atoms with Crippen molar-refractivity contribution in [2.45, 2.75) is 6.18 Å². The molecule has 0 bridgehead atoms. The van der Waals surface area contributed by atoms with Crippen LogP contribution < -0.4 is 0 Å². The first-order chi connectivity index (χ1) is 10.0. The summed E-state index contributed by atoms with van der Waals surface area (Å²) in [5.74, 6) is -1.11. The Morgan fingerprint density at radius 1 is 0.682 bits per heavy atom. The molecule has 2 aromatic carbocycles. The van der Waals surface area contributed by atoms with Gasteiger partial charge in [0.05, 0.1) is 30.7 Å². The second kappa shape index (κ2) is 6.25. The van der Waals surface area contributed by atoms with E-state index in [0.29, 0.717) is 12.1 Å². The maximum atomic E-state index is 13.5. The summed E-state index contributed by atoms with van der Waals surface area (Å²) in [6.45, 7) is 0. The van der Waals surface area contributed by atoms with Crippen molar-refractivity contribution >= 4 is 58.0 Å². The smallest absolute Gasteiger partial charge is 0.207 e. The second-order valence-electron chi connectivity index (χ2n) is 4.17. The number of rotatable bonds is 1. The van der Waals surface area contributed by atoms with Gasteiger partial charge in [0, 0.05) is 5.56 Å². The van der Waals surface area contributed by atoms with Crippen molar-refractivity contribution in [1.82, 2.24) is 0 Å². The molecule has 0 radical (unpaired) electrons. The summed E-state index contributed by atoms with van der Waals surface area (Å²) in [5, 5.41) is -0.967. The first kappa shape index (κ1) is 18.0. The molecule has 0 atom stereocenters. The van der Waals surface area contributed by atoms with Gasteiger partial charge in [-0.15, -0.1) is 0 Å². The lowest BCUT2D eigenvalue weighted by atomic mass is 10.0. The second-order valence-corrected chi connectivity index (χ2v) is 6.06. The topological polar surface area (TPSA) is 0 Å². The Morgan fingerprint density at radius 2 is 1.14 bits per heavy atom. The van der Waals surface area contributed by atoms with Crippen LogP contribution in [0.5, 0.6) is 0 Å². The molecule has 0 unspecified atom stereocenters. The van der Waals surface area contributed by atoms with Crippen LogP contribution in [0, 0.1) is 5.82 Å². The molecule has 0 heterocycles. The van der Waals surface area contributed by atoms with Gasteiger partial charge in [-0.2, -0.15) is 13.2 Å². The quantitative estimate of drug-likeness (QED) is 0.255. The fraction of sp³-hybridized carbons (Fsp3) is 0.0769. The van der Waals surface area contributed by atoms with Crippen LogP contribution in [0.15, 0.2) is 18.2 Å². The highest BCUT2D eigenvalue weighted by atomic mass is 35.5. The van der Waals surface area contributed by atoms with E-state index in [0.717, 1.165) is 6.07 Å². The molecule has 2 aromatic rings. The van der Waals surface area contributed by atoms with E-state index in [1.54, 1.807) is 0 Å².